The highest BCUT2D eigenvalue weighted by atomic mass is 127. The molecule has 2 rings (SSSR count). The van der Waals surface area contributed by atoms with Crippen LogP contribution in [0.1, 0.15) is 41.8 Å². The van der Waals surface area contributed by atoms with Gasteiger partial charge in [-0.2, -0.15) is 0 Å². The van der Waals surface area contributed by atoms with Crippen molar-refractivity contribution >= 4 is 35.8 Å². The summed E-state index contributed by atoms with van der Waals surface area (Å²) in [5.74, 6) is 1.59. The SMILES string of the molecule is CCCNC(=O)c1cccc(CN=C(NCC)NCCc2ccc(OC)cc2)c1.I. The zero-order valence-corrected chi connectivity index (χ0v) is 20.4. The topological polar surface area (TPSA) is 74.8 Å². The summed E-state index contributed by atoms with van der Waals surface area (Å²) >= 11 is 0. The van der Waals surface area contributed by atoms with Crippen molar-refractivity contribution < 1.29 is 9.53 Å². The average Bonchev–Trinajstić information content (AvgIpc) is 2.76. The van der Waals surface area contributed by atoms with Crippen LogP contribution in [0.5, 0.6) is 5.75 Å². The molecule has 0 unspecified atom stereocenters. The van der Waals surface area contributed by atoms with Crippen molar-refractivity contribution in [3.8, 4) is 5.75 Å². The Hall–Kier alpha value is -2.29. The normalized spacial score (nSPS) is 10.7. The predicted octanol–water partition coefficient (Wildman–Crippen LogP) is 3.75. The van der Waals surface area contributed by atoms with Crippen LogP contribution in [0, 0.1) is 0 Å². The Morgan fingerprint density at radius 1 is 0.967 bits per heavy atom. The molecule has 0 saturated carbocycles. The standard InChI is InChI=1S/C23H32N4O2.HI/c1-4-14-25-22(28)20-8-6-7-19(16-20)17-27-23(24-5-2)26-15-13-18-9-11-21(29-3)12-10-18;/h6-12,16H,4-5,13-15,17H2,1-3H3,(H,25,28)(H2,24,26,27);1H. The van der Waals surface area contributed by atoms with Crippen LogP contribution in [-0.2, 0) is 13.0 Å². The summed E-state index contributed by atoms with van der Waals surface area (Å²) in [7, 11) is 1.67. The van der Waals surface area contributed by atoms with E-state index in [1.54, 1.807) is 7.11 Å². The van der Waals surface area contributed by atoms with Crippen molar-refractivity contribution in [1.29, 1.82) is 0 Å². The van der Waals surface area contributed by atoms with Crippen molar-refractivity contribution in [2.45, 2.75) is 33.2 Å². The first-order chi connectivity index (χ1) is 14.2. The zero-order chi connectivity index (χ0) is 20.9. The minimum absolute atomic E-state index is 0. The van der Waals surface area contributed by atoms with Crippen LogP contribution in [0.2, 0.25) is 0 Å². The molecule has 0 aromatic heterocycles. The van der Waals surface area contributed by atoms with Crippen molar-refractivity contribution in [2.75, 3.05) is 26.7 Å². The predicted molar refractivity (Wildman–Crippen MR) is 134 cm³/mol. The first-order valence-corrected chi connectivity index (χ1v) is 10.2. The lowest BCUT2D eigenvalue weighted by molar-refractivity contribution is 0.0953. The Morgan fingerprint density at radius 3 is 2.40 bits per heavy atom. The van der Waals surface area contributed by atoms with E-state index in [9.17, 15) is 4.79 Å². The van der Waals surface area contributed by atoms with E-state index in [4.69, 9.17) is 4.74 Å². The smallest absolute Gasteiger partial charge is 0.251 e. The second-order valence-electron chi connectivity index (χ2n) is 6.68. The summed E-state index contributed by atoms with van der Waals surface area (Å²) in [5, 5.41) is 9.53. The molecule has 0 spiro atoms. The first-order valence-electron chi connectivity index (χ1n) is 10.2. The molecule has 0 aliphatic rings. The minimum Gasteiger partial charge on any atom is -0.497 e. The van der Waals surface area contributed by atoms with E-state index in [0.717, 1.165) is 43.2 Å². The number of hydrogen-bond acceptors (Lipinski definition) is 3. The van der Waals surface area contributed by atoms with E-state index in [2.05, 4.69) is 33.1 Å². The summed E-state index contributed by atoms with van der Waals surface area (Å²) in [6, 6.07) is 15.7. The number of aliphatic imine (C=N–C) groups is 1. The lowest BCUT2D eigenvalue weighted by Crippen LogP contribution is -2.38. The van der Waals surface area contributed by atoms with E-state index < -0.39 is 0 Å². The monoisotopic (exact) mass is 524 g/mol. The van der Waals surface area contributed by atoms with Gasteiger partial charge in [-0.15, -0.1) is 24.0 Å². The van der Waals surface area contributed by atoms with Gasteiger partial charge in [0.15, 0.2) is 5.96 Å². The lowest BCUT2D eigenvalue weighted by Gasteiger charge is -2.12. The van der Waals surface area contributed by atoms with Gasteiger partial charge in [-0.25, -0.2) is 4.99 Å². The molecule has 7 heteroatoms. The number of rotatable bonds is 10. The third-order valence-corrected chi connectivity index (χ3v) is 4.35. The number of ether oxygens (including phenoxy) is 1. The van der Waals surface area contributed by atoms with Crippen LogP contribution >= 0.6 is 24.0 Å². The number of nitrogens with zero attached hydrogens (tertiary/aromatic N) is 1. The number of benzene rings is 2. The average molecular weight is 524 g/mol. The summed E-state index contributed by atoms with van der Waals surface area (Å²) in [6.45, 7) is 6.83. The maximum atomic E-state index is 12.1. The van der Waals surface area contributed by atoms with Crippen LogP contribution in [0.15, 0.2) is 53.5 Å². The quantitative estimate of drug-likeness (QED) is 0.252. The Bertz CT molecular complexity index is 794. The fraction of sp³-hybridized carbons (Fsp3) is 0.391. The molecule has 2 aromatic carbocycles. The van der Waals surface area contributed by atoms with Gasteiger partial charge in [-0.1, -0.05) is 31.2 Å². The number of nitrogens with one attached hydrogen (secondary N) is 3. The molecule has 0 atom stereocenters. The van der Waals surface area contributed by atoms with Gasteiger partial charge >= 0.3 is 0 Å². The zero-order valence-electron chi connectivity index (χ0n) is 18.0. The Kier molecular flexibility index (Phi) is 12.6. The van der Waals surface area contributed by atoms with Crippen LogP contribution in [0.25, 0.3) is 0 Å². The van der Waals surface area contributed by atoms with Crippen molar-refractivity contribution in [3.05, 3.63) is 65.2 Å². The largest absolute Gasteiger partial charge is 0.497 e. The van der Waals surface area contributed by atoms with Crippen LogP contribution in [-0.4, -0.2) is 38.6 Å². The van der Waals surface area contributed by atoms with Crippen molar-refractivity contribution in [2.24, 2.45) is 4.99 Å². The fourth-order valence-corrected chi connectivity index (χ4v) is 2.78. The number of methoxy groups -OCH3 is 1. The Morgan fingerprint density at radius 2 is 1.73 bits per heavy atom. The second kappa shape index (κ2) is 14.7. The molecule has 0 bridgehead atoms. The molecule has 0 saturated heterocycles. The van der Waals surface area contributed by atoms with E-state index in [1.165, 1.54) is 5.56 Å². The first kappa shape index (κ1) is 25.7. The number of guanidine groups is 1. The van der Waals surface area contributed by atoms with E-state index >= 15 is 0 Å². The number of carbonyl (C=O) groups excluding carboxylic acids is 1. The Balaban J connectivity index is 0.00000450. The molecule has 3 N–H and O–H groups in total. The Labute approximate surface area is 196 Å². The molecule has 30 heavy (non-hydrogen) atoms. The van der Waals surface area contributed by atoms with Gasteiger partial charge in [0.05, 0.1) is 13.7 Å². The molecule has 2 aromatic rings. The lowest BCUT2D eigenvalue weighted by atomic mass is 10.1. The molecule has 164 valence electrons. The maximum absolute atomic E-state index is 12.1. The van der Waals surface area contributed by atoms with Crippen molar-refractivity contribution in [3.63, 3.8) is 0 Å². The highest BCUT2D eigenvalue weighted by molar-refractivity contribution is 14.0. The third-order valence-electron chi connectivity index (χ3n) is 4.35. The van der Waals surface area contributed by atoms with Gasteiger partial charge in [-0.05, 0) is 55.2 Å². The van der Waals surface area contributed by atoms with E-state index in [1.807, 2.05) is 50.2 Å². The van der Waals surface area contributed by atoms with E-state index in [0.29, 0.717) is 18.7 Å². The molecule has 0 heterocycles. The summed E-state index contributed by atoms with van der Waals surface area (Å²) < 4.78 is 5.19. The van der Waals surface area contributed by atoms with Gasteiger partial charge in [0.25, 0.3) is 5.91 Å². The molecule has 0 aliphatic heterocycles. The van der Waals surface area contributed by atoms with E-state index in [-0.39, 0.29) is 29.9 Å². The number of carbonyl (C=O) groups is 1. The molecular weight excluding hydrogens is 491 g/mol. The highest BCUT2D eigenvalue weighted by Crippen LogP contribution is 2.11. The second-order valence-corrected chi connectivity index (χ2v) is 6.68. The van der Waals surface area contributed by atoms with Crippen LogP contribution in [0.3, 0.4) is 0 Å². The number of halogens is 1. The van der Waals surface area contributed by atoms with Crippen molar-refractivity contribution in [1.82, 2.24) is 16.0 Å². The van der Waals surface area contributed by atoms with Gasteiger partial charge in [-0.3, -0.25) is 4.79 Å². The minimum atomic E-state index is -0.0396. The van der Waals surface area contributed by atoms with Crippen LogP contribution in [0.4, 0.5) is 0 Å². The molecule has 0 radical (unpaired) electrons. The molecule has 6 nitrogen and oxygen atoms in total. The van der Waals surface area contributed by atoms with Gasteiger partial charge in [0.2, 0.25) is 0 Å². The fourth-order valence-electron chi connectivity index (χ4n) is 2.78. The third kappa shape index (κ3) is 9.02. The molecular formula is C23H33IN4O2. The molecule has 0 aliphatic carbocycles. The van der Waals surface area contributed by atoms with Gasteiger partial charge in [0, 0.05) is 25.2 Å². The number of hydrogen-bond donors (Lipinski definition) is 3. The summed E-state index contributed by atoms with van der Waals surface area (Å²) in [6.07, 6.45) is 1.81. The molecule has 0 fully saturated rings. The van der Waals surface area contributed by atoms with Crippen LogP contribution < -0.4 is 20.7 Å². The summed E-state index contributed by atoms with van der Waals surface area (Å²) in [4.78, 5) is 16.8. The van der Waals surface area contributed by atoms with Gasteiger partial charge < -0.3 is 20.7 Å². The van der Waals surface area contributed by atoms with Gasteiger partial charge in [0.1, 0.15) is 5.75 Å². The highest BCUT2D eigenvalue weighted by Gasteiger charge is 2.05. The summed E-state index contributed by atoms with van der Waals surface area (Å²) in [5.41, 5.74) is 2.91. The number of amides is 1. The molecule has 1 amide bonds. The maximum Gasteiger partial charge on any atom is 0.251 e.